The van der Waals surface area contributed by atoms with Crippen molar-refractivity contribution in [1.29, 1.82) is 0 Å². The molecule has 3 amide bonds. The molecule has 0 aliphatic heterocycles. The van der Waals surface area contributed by atoms with E-state index >= 15 is 0 Å². The molecule has 0 saturated heterocycles. The fourth-order valence-electron chi connectivity index (χ4n) is 4.14. The maximum absolute atomic E-state index is 14.8. The molecule has 4 rings (SSSR count). The Balaban J connectivity index is 1.39. The lowest BCUT2D eigenvalue weighted by Crippen LogP contribution is -2.41. The number of H-pyrrole nitrogens is 1. The molecule has 4 N–H and O–H groups in total. The number of rotatable bonds is 12. The number of esters is 1. The Morgan fingerprint density at radius 3 is 2.52 bits per heavy atom. The smallest absolute Gasteiger partial charge is 0.328 e. The van der Waals surface area contributed by atoms with Crippen LogP contribution in [0.4, 0.5) is 20.6 Å². The van der Waals surface area contributed by atoms with Gasteiger partial charge in [0.15, 0.2) is 0 Å². The molecule has 1 atom stereocenters. The fraction of sp³-hybridized carbons (Fsp3) is 0.188. The van der Waals surface area contributed by atoms with Crippen molar-refractivity contribution in [2.75, 3.05) is 24.9 Å². The van der Waals surface area contributed by atoms with Gasteiger partial charge in [-0.05, 0) is 55.3 Å². The molecule has 2 aromatic heterocycles. The third-order valence-corrected chi connectivity index (χ3v) is 6.44. The quantitative estimate of drug-likeness (QED) is 0.112. The Hall–Kier alpha value is -5.65. The topological polar surface area (TPSA) is 144 Å². The minimum Gasteiger partial charge on any atom is -0.502 e. The molecule has 0 aliphatic rings. The van der Waals surface area contributed by atoms with E-state index in [1.165, 1.54) is 38.7 Å². The van der Waals surface area contributed by atoms with Crippen molar-refractivity contribution in [1.82, 2.24) is 15.3 Å². The number of carbonyl (C=O) groups excluding carboxylic acids is 3. The van der Waals surface area contributed by atoms with Crippen LogP contribution in [0.5, 0.6) is 11.5 Å². The molecule has 0 saturated carbocycles. The van der Waals surface area contributed by atoms with Crippen molar-refractivity contribution in [2.24, 2.45) is 0 Å². The minimum atomic E-state index is -0.892. The van der Waals surface area contributed by atoms with E-state index < -0.39 is 29.8 Å². The van der Waals surface area contributed by atoms with E-state index in [4.69, 9.17) is 14.2 Å². The van der Waals surface area contributed by atoms with Crippen molar-refractivity contribution < 1.29 is 33.0 Å². The summed E-state index contributed by atoms with van der Waals surface area (Å²) in [5.41, 5.74) is 2.77. The van der Waals surface area contributed by atoms with Crippen molar-refractivity contribution in [2.45, 2.75) is 25.8 Å². The zero-order chi connectivity index (χ0) is 31.6. The summed E-state index contributed by atoms with van der Waals surface area (Å²) in [4.78, 5) is 44.7. The lowest BCUT2D eigenvalue weighted by atomic mass is 10.1. The summed E-state index contributed by atoms with van der Waals surface area (Å²) in [6, 6.07) is 14.6. The number of nitrogens with one attached hydrogen (secondary N) is 4. The number of ether oxygens (including phenoxy) is 3. The summed E-state index contributed by atoms with van der Waals surface area (Å²) in [6.45, 7) is 5.62. The van der Waals surface area contributed by atoms with Crippen molar-refractivity contribution in [3.8, 4) is 22.9 Å². The Bertz CT molecular complexity index is 1670. The lowest BCUT2D eigenvalue weighted by molar-refractivity contribution is -0.143. The Labute approximate surface area is 253 Å². The van der Waals surface area contributed by atoms with Gasteiger partial charge in [-0.25, -0.2) is 14.0 Å². The fourth-order valence-corrected chi connectivity index (χ4v) is 4.14. The highest BCUT2D eigenvalue weighted by atomic mass is 19.1. The predicted molar refractivity (Wildman–Crippen MR) is 163 cm³/mol. The third-order valence-electron chi connectivity index (χ3n) is 6.44. The number of hydrogen-bond acceptors (Lipinski definition) is 7. The normalized spacial score (nSPS) is 11.2. The first kappa shape index (κ1) is 31.3. The molecule has 0 aliphatic carbocycles. The number of hydrogen-bond donors (Lipinski definition) is 4. The van der Waals surface area contributed by atoms with Crippen LogP contribution >= 0.6 is 0 Å². The van der Waals surface area contributed by atoms with E-state index in [1.807, 2.05) is 13.0 Å². The Morgan fingerprint density at radius 2 is 1.80 bits per heavy atom. The summed E-state index contributed by atoms with van der Waals surface area (Å²) < 4.78 is 30.5. The van der Waals surface area contributed by atoms with Crippen molar-refractivity contribution in [3.63, 3.8) is 0 Å². The number of urea groups is 1. The van der Waals surface area contributed by atoms with Crippen LogP contribution in [0.1, 0.15) is 28.8 Å². The second-order valence-corrected chi connectivity index (χ2v) is 9.70. The molecule has 44 heavy (non-hydrogen) atoms. The number of halogens is 1. The van der Waals surface area contributed by atoms with Gasteiger partial charge in [-0.2, -0.15) is 0 Å². The van der Waals surface area contributed by atoms with Gasteiger partial charge >= 0.3 is 12.0 Å². The van der Waals surface area contributed by atoms with Crippen LogP contribution in [0.2, 0.25) is 0 Å². The van der Waals surface area contributed by atoms with Crippen LogP contribution in [-0.2, 0) is 14.3 Å². The van der Waals surface area contributed by atoms with Crippen LogP contribution in [0.15, 0.2) is 85.4 Å². The first-order valence-corrected chi connectivity index (χ1v) is 13.5. The van der Waals surface area contributed by atoms with E-state index in [0.29, 0.717) is 35.0 Å². The van der Waals surface area contributed by atoms with Crippen LogP contribution < -0.4 is 20.7 Å². The molecule has 4 aromatic rings. The van der Waals surface area contributed by atoms with Gasteiger partial charge in [0.2, 0.25) is 0 Å². The van der Waals surface area contributed by atoms with Gasteiger partial charge in [0.05, 0.1) is 42.6 Å². The van der Waals surface area contributed by atoms with Gasteiger partial charge < -0.3 is 35.1 Å². The highest BCUT2D eigenvalue weighted by Gasteiger charge is 2.23. The van der Waals surface area contributed by atoms with E-state index in [-0.39, 0.29) is 23.4 Å². The molecule has 0 bridgehead atoms. The minimum absolute atomic E-state index is 0.0202. The van der Waals surface area contributed by atoms with E-state index in [1.54, 1.807) is 36.4 Å². The molecular weight excluding hydrogens is 569 g/mol. The molecule has 12 heteroatoms. The van der Waals surface area contributed by atoms with Gasteiger partial charge in [0.1, 0.15) is 23.4 Å². The van der Waals surface area contributed by atoms with Gasteiger partial charge in [-0.3, -0.25) is 9.78 Å². The Kier molecular flexibility index (Phi) is 10.3. The number of amides is 3. The van der Waals surface area contributed by atoms with Gasteiger partial charge in [0, 0.05) is 36.6 Å². The van der Waals surface area contributed by atoms with Gasteiger partial charge in [-0.1, -0.05) is 18.7 Å². The number of benzene rings is 2. The summed E-state index contributed by atoms with van der Waals surface area (Å²) in [5, 5.41) is 7.81. The standard InChI is InChI=1S/C32H32FN5O6/c1-19-6-5-7-22(14-19)36-32(41)38-26-11-9-23(16-25(26)33)44-24-12-13-34-29(17-24)28-15-21(18-35-28)30(39)37-27(31(40)43-4)10-8-20(2)42-3/h5-7,9,11-18,27,35H,2,8,10H2,1,3-4H3,(H,37,39)(H2,36,38,41)/t27-/m0/s1. The number of methoxy groups -OCH3 is 2. The maximum Gasteiger partial charge on any atom is 0.328 e. The van der Waals surface area contributed by atoms with Crippen LogP contribution in [-0.4, -0.2) is 48.1 Å². The first-order chi connectivity index (χ1) is 21.1. The molecule has 2 aromatic carbocycles. The number of allylic oxidation sites excluding steroid dienone is 1. The second kappa shape index (κ2) is 14.5. The average molecular weight is 602 g/mol. The zero-order valence-electron chi connectivity index (χ0n) is 24.4. The van der Waals surface area contributed by atoms with E-state index in [9.17, 15) is 18.8 Å². The number of pyridine rings is 1. The summed E-state index contributed by atoms with van der Waals surface area (Å²) >= 11 is 0. The molecule has 0 fully saturated rings. The average Bonchev–Trinajstić information content (AvgIpc) is 3.51. The first-order valence-electron chi connectivity index (χ1n) is 13.5. The van der Waals surface area contributed by atoms with Crippen LogP contribution in [0.25, 0.3) is 11.4 Å². The molecule has 2 heterocycles. The maximum atomic E-state index is 14.8. The van der Waals surface area contributed by atoms with Gasteiger partial charge in [0.25, 0.3) is 5.91 Å². The zero-order valence-corrected chi connectivity index (χ0v) is 24.4. The number of anilines is 2. The molecule has 0 unspecified atom stereocenters. The molecule has 11 nitrogen and oxygen atoms in total. The summed E-state index contributed by atoms with van der Waals surface area (Å²) in [7, 11) is 2.72. The van der Waals surface area contributed by atoms with Gasteiger partial charge in [-0.15, -0.1) is 0 Å². The van der Waals surface area contributed by atoms with Crippen molar-refractivity contribution >= 4 is 29.3 Å². The number of nitrogens with zero attached hydrogens (tertiary/aromatic N) is 1. The molecule has 0 spiro atoms. The van der Waals surface area contributed by atoms with E-state index in [2.05, 4.69) is 32.5 Å². The summed E-state index contributed by atoms with van der Waals surface area (Å²) in [6.07, 6.45) is 3.60. The van der Waals surface area contributed by atoms with Crippen LogP contribution in [0.3, 0.4) is 0 Å². The Morgan fingerprint density at radius 1 is 1.00 bits per heavy atom. The number of aromatic nitrogens is 2. The third kappa shape index (κ3) is 8.44. The second-order valence-electron chi connectivity index (χ2n) is 9.70. The molecular formula is C32H32FN5O6. The monoisotopic (exact) mass is 601 g/mol. The number of carbonyl (C=O) groups is 3. The largest absolute Gasteiger partial charge is 0.502 e. The lowest BCUT2D eigenvalue weighted by Gasteiger charge is -2.16. The molecule has 228 valence electrons. The SMILES string of the molecule is C=C(CC[C@H](NC(=O)c1c[nH]c(-c2cc(Oc3ccc(NC(=O)Nc4cccc(C)c4)c(F)c3)ccn2)c1)C(=O)OC)OC. The van der Waals surface area contributed by atoms with E-state index in [0.717, 1.165) is 11.6 Å². The van der Waals surface area contributed by atoms with Crippen LogP contribution in [0, 0.1) is 12.7 Å². The summed E-state index contributed by atoms with van der Waals surface area (Å²) in [5.74, 6) is -0.738. The predicted octanol–water partition coefficient (Wildman–Crippen LogP) is 6.17. The highest BCUT2D eigenvalue weighted by molar-refractivity contribution is 6.00. The van der Waals surface area contributed by atoms with Crippen molar-refractivity contribution in [3.05, 3.63) is 102 Å². The molecule has 0 radical (unpaired) electrons. The number of aromatic amines is 1. The highest BCUT2D eigenvalue weighted by Crippen LogP contribution is 2.28. The number of aryl methyl sites for hydroxylation is 1.